The van der Waals surface area contributed by atoms with Crippen molar-refractivity contribution in [2.75, 3.05) is 5.32 Å². The molecule has 0 saturated heterocycles. The summed E-state index contributed by atoms with van der Waals surface area (Å²) in [7, 11) is 1.44. The third-order valence-electron chi connectivity index (χ3n) is 2.26. The topological polar surface area (TPSA) is 104 Å². The maximum Gasteiger partial charge on any atom is 0.343 e. The highest BCUT2D eigenvalue weighted by Crippen LogP contribution is 2.09. The molecule has 2 rings (SSSR count). The Balaban J connectivity index is 2.16. The Hall–Kier alpha value is -2.88. The van der Waals surface area contributed by atoms with Gasteiger partial charge < -0.3 is 5.32 Å². The van der Waals surface area contributed by atoms with Gasteiger partial charge in [-0.1, -0.05) is 0 Å². The molecule has 1 amide bonds. The van der Waals surface area contributed by atoms with E-state index in [1.54, 1.807) is 24.3 Å². The van der Waals surface area contributed by atoms with Gasteiger partial charge in [0.05, 0.1) is 11.6 Å². The summed E-state index contributed by atoms with van der Waals surface area (Å²) in [5, 5.41) is 14.9. The van der Waals surface area contributed by atoms with Crippen LogP contribution in [0.3, 0.4) is 0 Å². The number of carbonyl (C=O) groups excluding carboxylic acids is 1. The van der Waals surface area contributed by atoms with Crippen LogP contribution in [-0.2, 0) is 7.05 Å². The van der Waals surface area contributed by atoms with Crippen LogP contribution in [-0.4, -0.2) is 20.7 Å². The molecule has 18 heavy (non-hydrogen) atoms. The molecule has 0 saturated carbocycles. The van der Waals surface area contributed by atoms with Gasteiger partial charge in [0.15, 0.2) is 0 Å². The van der Waals surface area contributed by atoms with Crippen molar-refractivity contribution in [3.8, 4) is 6.07 Å². The van der Waals surface area contributed by atoms with Gasteiger partial charge >= 0.3 is 5.69 Å². The minimum atomic E-state index is -0.516. The standard InChI is InChI=1S/C11H9N5O2/c1-16-11(18)14-9(15-16)10(17)13-8-4-2-7(6-12)3-5-8/h2-5H,1H3,(H,13,17)(H,14,15,18). The number of nitrogens with one attached hydrogen (secondary N) is 2. The van der Waals surface area contributed by atoms with Crippen LogP contribution in [0, 0.1) is 11.3 Å². The summed E-state index contributed by atoms with van der Waals surface area (Å²) in [6.07, 6.45) is 0. The number of hydrogen-bond donors (Lipinski definition) is 2. The SMILES string of the molecule is Cn1nc(C(=O)Nc2ccc(C#N)cc2)[nH]c1=O. The predicted molar refractivity (Wildman–Crippen MR) is 62.9 cm³/mol. The van der Waals surface area contributed by atoms with Crippen LogP contribution in [0.25, 0.3) is 0 Å². The molecule has 0 aliphatic carbocycles. The van der Waals surface area contributed by atoms with E-state index in [0.29, 0.717) is 11.3 Å². The Morgan fingerprint density at radius 3 is 2.61 bits per heavy atom. The number of aryl methyl sites for hydroxylation is 1. The van der Waals surface area contributed by atoms with Crippen molar-refractivity contribution in [1.29, 1.82) is 5.26 Å². The fourth-order valence-corrected chi connectivity index (χ4v) is 1.32. The smallest absolute Gasteiger partial charge is 0.319 e. The lowest BCUT2D eigenvalue weighted by molar-refractivity contribution is 0.101. The number of nitrogens with zero attached hydrogens (tertiary/aromatic N) is 3. The van der Waals surface area contributed by atoms with E-state index in [4.69, 9.17) is 5.26 Å². The van der Waals surface area contributed by atoms with Gasteiger partial charge in [0.2, 0.25) is 5.82 Å². The molecule has 1 heterocycles. The predicted octanol–water partition coefficient (Wildman–Crippen LogP) is 0.232. The molecule has 0 spiro atoms. The highest BCUT2D eigenvalue weighted by Gasteiger charge is 2.11. The summed E-state index contributed by atoms with van der Waals surface area (Å²) >= 11 is 0. The van der Waals surface area contributed by atoms with Gasteiger partial charge in [-0.25, -0.2) is 9.48 Å². The summed E-state index contributed by atoms with van der Waals surface area (Å²) in [5.74, 6) is -0.579. The van der Waals surface area contributed by atoms with E-state index in [0.717, 1.165) is 4.68 Å². The van der Waals surface area contributed by atoms with Gasteiger partial charge in [-0.2, -0.15) is 5.26 Å². The van der Waals surface area contributed by atoms with Crippen LogP contribution >= 0.6 is 0 Å². The number of benzene rings is 1. The van der Waals surface area contributed by atoms with E-state index in [1.807, 2.05) is 6.07 Å². The Labute approximate surface area is 102 Å². The number of amides is 1. The zero-order chi connectivity index (χ0) is 13.1. The van der Waals surface area contributed by atoms with Crippen molar-refractivity contribution in [3.05, 3.63) is 46.1 Å². The summed E-state index contributed by atoms with van der Waals surface area (Å²) in [5.41, 5.74) is 0.560. The van der Waals surface area contributed by atoms with Crippen LogP contribution in [0.1, 0.15) is 16.2 Å². The molecule has 0 atom stereocenters. The van der Waals surface area contributed by atoms with E-state index >= 15 is 0 Å². The lowest BCUT2D eigenvalue weighted by Gasteiger charge is -2.01. The summed E-state index contributed by atoms with van der Waals surface area (Å²) < 4.78 is 1.04. The third kappa shape index (κ3) is 2.27. The van der Waals surface area contributed by atoms with Crippen LogP contribution in [0.5, 0.6) is 0 Å². The molecule has 0 radical (unpaired) electrons. The van der Waals surface area contributed by atoms with E-state index in [-0.39, 0.29) is 5.82 Å². The Morgan fingerprint density at radius 1 is 1.44 bits per heavy atom. The molecule has 0 bridgehead atoms. The van der Waals surface area contributed by atoms with Crippen LogP contribution in [0.2, 0.25) is 0 Å². The fraction of sp³-hybridized carbons (Fsp3) is 0.0909. The number of rotatable bonds is 2. The number of aromatic amines is 1. The van der Waals surface area contributed by atoms with E-state index in [1.165, 1.54) is 7.05 Å². The molecule has 1 aromatic heterocycles. The Kier molecular flexibility index (Phi) is 2.93. The van der Waals surface area contributed by atoms with Crippen LogP contribution in [0.4, 0.5) is 5.69 Å². The molecular formula is C11H9N5O2. The second-order valence-corrected chi connectivity index (χ2v) is 3.55. The average molecular weight is 243 g/mol. The molecule has 2 aromatic rings. The maximum atomic E-state index is 11.7. The quantitative estimate of drug-likeness (QED) is 0.787. The Morgan fingerprint density at radius 2 is 2.11 bits per heavy atom. The van der Waals surface area contributed by atoms with Crippen molar-refractivity contribution in [3.63, 3.8) is 0 Å². The molecule has 90 valence electrons. The van der Waals surface area contributed by atoms with Crippen molar-refractivity contribution in [2.45, 2.75) is 0 Å². The normalized spacial score (nSPS) is 9.78. The molecule has 0 fully saturated rings. The molecule has 0 unspecified atom stereocenters. The van der Waals surface area contributed by atoms with Gasteiger partial charge in [-0.15, -0.1) is 5.10 Å². The summed E-state index contributed by atoms with van der Waals surface area (Å²) in [6, 6.07) is 8.32. The highest BCUT2D eigenvalue weighted by atomic mass is 16.2. The van der Waals surface area contributed by atoms with E-state index < -0.39 is 11.6 Å². The Bertz CT molecular complexity index is 675. The number of anilines is 1. The van der Waals surface area contributed by atoms with Crippen molar-refractivity contribution >= 4 is 11.6 Å². The summed E-state index contributed by atoms with van der Waals surface area (Å²) in [6.45, 7) is 0. The lowest BCUT2D eigenvalue weighted by atomic mass is 10.2. The molecule has 2 N–H and O–H groups in total. The minimum Gasteiger partial charge on any atom is -0.319 e. The van der Waals surface area contributed by atoms with Gasteiger partial charge in [0, 0.05) is 12.7 Å². The van der Waals surface area contributed by atoms with Gasteiger partial charge in [-0.05, 0) is 24.3 Å². The maximum absolute atomic E-state index is 11.7. The number of aromatic nitrogens is 3. The molecule has 0 aliphatic heterocycles. The molecule has 7 heteroatoms. The first kappa shape index (κ1) is 11.6. The zero-order valence-corrected chi connectivity index (χ0v) is 9.47. The second kappa shape index (κ2) is 4.55. The third-order valence-corrected chi connectivity index (χ3v) is 2.26. The summed E-state index contributed by atoms with van der Waals surface area (Å²) in [4.78, 5) is 25.1. The van der Waals surface area contributed by atoms with Crippen molar-refractivity contribution in [2.24, 2.45) is 7.05 Å². The first-order valence-electron chi connectivity index (χ1n) is 5.05. The van der Waals surface area contributed by atoms with E-state index in [9.17, 15) is 9.59 Å². The van der Waals surface area contributed by atoms with Crippen LogP contribution in [0.15, 0.2) is 29.1 Å². The minimum absolute atomic E-state index is 0.0631. The molecule has 0 aliphatic rings. The fourth-order valence-electron chi connectivity index (χ4n) is 1.32. The van der Waals surface area contributed by atoms with E-state index in [2.05, 4.69) is 15.4 Å². The monoisotopic (exact) mass is 243 g/mol. The first-order valence-corrected chi connectivity index (χ1v) is 5.05. The van der Waals surface area contributed by atoms with Crippen molar-refractivity contribution in [1.82, 2.24) is 14.8 Å². The molecular weight excluding hydrogens is 234 g/mol. The van der Waals surface area contributed by atoms with Gasteiger partial charge in [-0.3, -0.25) is 9.78 Å². The van der Waals surface area contributed by atoms with Crippen LogP contribution < -0.4 is 11.0 Å². The molecule has 7 nitrogen and oxygen atoms in total. The van der Waals surface area contributed by atoms with Crippen molar-refractivity contribution < 1.29 is 4.79 Å². The number of carbonyl (C=O) groups is 1. The second-order valence-electron chi connectivity index (χ2n) is 3.55. The number of nitriles is 1. The first-order chi connectivity index (χ1) is 8.60. The number of H-pyrrole nitrogens is 1. The molecule has 1 aromatic carbocycles. The lowest BCUT2D eigenvalue weighted by Crippen LogP contribution is -2.15. The largest absolute Gasteiger partial charge is 0.343 e. The van der Waals surface area contributed by atoms with Gasteiger partial charge in [0.25, 0.3) is 5.91 Å². The highest BCUT2D eigenvalue weighted by molar-refractivity contribution is 6.01. The average Bonchev–Trinajstić information content (AvgIpc) is 2.71. The van der Waals surface area contributed by atoms with Gasteiger partial charge in [0.1, 0.15) is 0 Å². The number of hydrogen-bond acceptors (Lipinski definition) is 4. The zero-order valence-electron chi connectivity index (χ0n) is 9.47.